The maximum atomic E-state index is 14.6. The van der Waals surface area contributed by atoms with Gasteiger partial charge in [-0.3, -0.25) is 4.68 Å². The molecular formula is C22H16F3N7. The predicted octanol–water partition coefficient (Wildman–Crippen LogP) is 4.26. The van der Waals surface area contributed by atoms with Crippen LogP contribution in [0.5, 0.6) is 0 Å². The van der Waals surface area contributed by atoms with Crippen LogP contribution in [0.15, 0.2) is 61.1 Å². The fraction of sp³-hybridized carbons (Fsp3) is 0.0909. The Hall–Kier alpha value is -4.21. The Labute approximate surface area is 180 Å². The van der Waals surface area contributed by atoms with Crippen molar-refractivity contribution >= 4 is 11.6 Å². The Balaban J connectivity index is 1.53. The Morgan fingerprint density at radius 3 is 2.38 bits per heavy atom. The average Bonchev–Trinajstić information content (AvgIpc) is 3.39. The van der Waals surface area contributed by atoms with Crippen LogP contribution in [0, 0.1) is 17.5 Å². The third-order valence-electron chi connectivity index (χ3n) is 5.18. The van der Waals surface area contributed by atoms with E-state index in [0.717, 1.165) is 11.6 Å². The van der Waals surface area contributed by atoms with Gasteiger partial charge in [0.05, 0.1) is 12.2 Å². The van der Waals surface area contributed by atoms with Crippen molar-refractivity contribution in [2.75, 3.05) is 5.73 Å². The molecule has 10 heteroatoms. The predicted molar refractivity (Wildman–Crippen MR) is 112 cm³/mol. The molecule has 4 heterocycles. The van der Waals surface area contributed by atoms with E-state index in [-0.39, 0.29) is 29.2 Å². The first-order valence-corrected chi connectivity index (χ1v) is 9.67. The van der Waals surface area contributed by atoms with E-state index >= 15 is 0 Å². The van der Waals surface area contributed by atoms with Gasteiger partial charge in [0.1, 0.15) is 17.2 Å². The highest BCUT2D eigenvalue weighted by atomic mass is 19.1. The van der Waals surface area contributed by atoms with Gasteiger partial charge in [0.15, 0.2) is 17.3 Å². The van der Waals surface area contributed by atoms with E-state index in [1.807, 2.05) is 6.92 Å². The zero-order valence-electron chi connectivity index (χ0n) is 16.7. The van der Waals surface area contributed by atoms with Crippen LogP contribution in [0.3, 0.4) is 0 Å². The number of aromatic nitrogens is 6. The van der Waals surface area contributed by atoms with Crippen LogP contribution >= 0.6 is 0 Å². The fourth-order valence-corrected chi connectivity index (χ4v) is 3.48. The zero-order chi connectivity index (χ0) is 22.4. The zero-order valence-corrected chi connectivity index (χ0v) is 16.7. The first-order valence-electron chi connectivity index (χ1n) is 9.67. The number of nitrogens with zero attached hydrogens (tertiary/aromatic N) is 6. The number of anilines is 1. The van der Waals surface area contributed by atoms with E-state index in [2.05, 4.69) is 20.2 Å². The molecule has 0 bridgehead atoms. The largest absolute Gasteiger partial charge is 0.366 e. The second kappa shape index (κ2) is 7.49. The lowest BCUT2D eigenvalue weighted by atomic mass is 10.1. The Kier molecular flexibility index (Phi) is 4.62. The molecule has 1 unspecified atom stereocenters. The van der Waals surface area contributed by atoms with Crippen molar-refractivity contribution in [3.05, 3.63) is 84.1 Å². The normalized spacial score (nSPS) is 12.4. The second-order valence-corrected chi connectivity index (χ2v) is 7.27. The van der Waals surface area contributed by atoms with Crippen molar-refractivity contribution < 1.29 is 13.2 Å². The molecule has 160 valence electrons. The summed E-state index contributed by atoms with van der Waals surface area (Å²) in [5, 5.41) is 8.26. The Bertz CT molecular complexity index is 1440. The van der Waals surface area contributed by atoms with E-state index < -0.39 is 11.6 Å². The molecule has 0 aliphatic rings. The van der Waals surface area contributed by atoms with Gasteiger partial charge in [-0.25, -0.2) is 22.7 Å². The molecule has 1 atom stereocenters. The van der Waals surface area contributed by atoms with Crippen LogP contribution in [-0.2, 0) is 0 Å². The summed E-state index contributed by atoms with van der Waals surface area (Å²) in [5.41, 5.74) is 7.53. The maximum absolute atomic E-state index is 14.6. The number of rotatable bonds is 4. The molecule has 0 saturated carbocycles. The van der Waals surface area contributed by atoms with Gasteiger partial charge in [-0.2, -0.15) is 10.1 Å². The summed E-state index contributed by atoms with van der Waals surface area (Å²) in [6, 6.07) is 9.76. The van der Waals surface area contributed by atoms with E-state index in [0.29, 0.717) is 16.8 Å². The molecule has 0 fully saturated rings. The minimum absolute atomic E-state index is 0.0372. The first-order chi connectivity index (χ1) is 15.4. The number of benzene rings is 1. The van der Waals surface area contributed by atoms with Crippen LogP contribution in [0.2, 0.25) is 0 Å². The number of nitrogen functional groups attached to an aromatic ring is 1. The number of hydrogen-bond donors (Lipinski definition) is 1. The lowest BCUT2D eigenvalue weighted by Crippen LogP contribution is -2.07. The number of fused-ring (bicyclic) bond motifs is 1. The van der Waals surface area contributed by atoms with Gasteiger partial charge in [0.2, 0.25) is 5.95 Å². The molecule has 5 rings (SSSR count). The average molecular weight is 435 g/mol. The van der Waals surface area contributed by atoms with Crippen LogP contribution in [0.1, 0.15) is 18.5 Å². The standard InChI is InChI=1S/C22H16F3N7/c1-12(13-2-4-16(23)5-3-13)32-11-15(10-27-32)21-18(25)9-17(24)20(29-21)14-6-7-31-19(8-14)28-22(26)30-31/h2-12H,1H3,(H2,26,30). The van der Waals surface area contributed by atoms with Crippen LogP contribution in [0.4, 0.5) is 19.1 Å². The molecule has 0 spiro atoms. The van der Waals surface area contributed by atoms with Gasteiger partial charge < -0.3 is 5.73 Å². The minimum atomic E-state index is -0.812. The van der Waals surface area contributed by atoms with E-state index in [1.54, 1.807) is 41.3 Å². The summed E-state index contributed by atoms with van der Waals surface area (Å²) in [7, 11) is 0. The smallest absolute Gasteiger partial charge is 0.240 e. The third-order valence-corrected chi connectivity index (χ3v) is 5.18. The molecular weight excluding hydrogens is 419 g/mol. The van der Waals surface area contributed by atoms with Crippen molar-refractivity contribution in [3.63, 3.8) is 0 Å². The summed E-state index contributed by atoms with van der Waals surface area (Å²) < 4.78 is 45.5. The number of halogens is 3. The van der Waals surface area contributed by atoms with Gasteiger partial charge in [-0.15, -0.1) is 5.10 Å². The van der Waals surface area contributed by atoms with E-state index in [9.17, 15) is 13.2 Å². The van der Waals surface area contributed by atoms with Crippen molar-refractivity contribution in [1.82, 2.24) is 29.4 Å². The van der Waals surface area contributed by atoms with Crippen molar-refractivity contribution in [2.24, 2.45) is 0 Å². The van der Waals surface area contributed by atoms with Gasteiger partial charge in [-0.1, -0.05) is 12.1 Å². The molecule has 0 radical (unpaired) electrons. The molecule has 0 amide bonds. The molecule has 0 saturated heterocycles. The quantitative estimate of drug-likeness (QED) is 0.456. The highest BCUT2D eigenvalue weighted by molar-refractivity contribution is 5.69. The summed E-state index contributed by atoms with van der Waals surface area (Å²) >= 11 is 0. The van der Waals surface area contributed by atoms with Crippen molar-refractivity contribution in [3.8, 4) is 22.5 Å². The molecule has 32 heavy (non-hydrogen) atoms. The van der Waals surface area contributed by atoms with E-state index in [4.69, 9.17) is 5.73 Å². The molecule has 4 aromatic heterocycles. The van der Waals surface area contributed by atoms with Crippen LogP contribution in [0.25, 0.3) is 28.2 Å². The lowest BCUT2D eigenvalue weighted by molar-refractivity contribution is 0.561. The van der Waals surface area contributed by atoms with Gasteiger partial charge in [0, 0.05) is 29.6 Å². The van der Waals surface area contributed by atoms with E-state index in [1.165, 1.54) is 22.8 Å². The molecule has 2 N–H and O–H groups in total. The van der Waals surface area contributed by atoms with Gasteiger partial charge >= 0.3 is 0 Å². The third kappa shape index (κ3) is 3.45. The second-order valence-electron chi connectivity index (χ2n) is 7.27. The Morgan fingerprint density at radius 2 is 1.62 bits per heavy atom. The highest BCUT2D eigenvalue weighted by Gasteiger charge is 2.18. The maximum Gasteiger partial charge on any atom is 0.240 e. The van der Waals surface area contributed by atoms with Crippen LogP contribution < -0.4 is 5.73 Å². The van der Waals surface area contributed by atoms with Gasteiger partial charge in [0.25, 0.3) is 0 Å². The molecule has 5 aromatic rings. The fourth-order valence-electron chi connectivity index (χ4n) is 3.48. The topological polar surface area (TPSA) is 86.9 Å². The van der Waals surface area contributed by atoms with Crippen molar-refractivity contribution in [1.29, 1.82) is 0 Å². The lowest BCUT2D eigenvalue weighted by Gasteiger charge is -2.12. The minimum Gasteiger partial charge on any atom is -0.366 e. The monoisotopic (exact) mass is 435 g/mol. The molecule has 0 aliphatic heterocycles. The number of hydrogen-bond acceptors (Lipinski definition) is 5. The summed E-state index contributed by atoms with van der Waals surface area (Å²) in [6.07, 6.45) is 4.64. The molecule has 0 aliphatic carbocycles. The van der Waals surface area contributed by atoms with Gasteiger partial charge in [-0.05, 0) is 36.8 Å². The Morgan fingerprint density at radius 1 is 0.906 bits per heavy atom. The first kappa shape index (κ1) is 19.7. The highest BCUT2D eigenvalue weighted by Crippen LogP contribution is 2.29. The summed E-state index contributed by atoms with van der Waals surface area (Å²) in [6.45, 7) is 1.88. The molecule has 1 aromatic carbocycles. The summed E-state index contributed by atoms with van der Waals surface area (Å²) in [4.78, 5) is 8.29. The molecule has 7 nitrogen and oxygen atoms in total. The summed E-state index contributed by atoms with van der Waals surface area (Å²) in [5.74, 6) is -1.87. The van der Waals surface area contributed by atoms with Crippen molar-refractivity contribution in [2.45, 2.75) is 13.0 Å². The number of pyridine rings is 2. The SMILES string of the molecule is CC(c1ccc(F)cc1)n1cc(-c2nc(-c3ccn4nc(N)nc4c3)c(F)cc2F)cn1. The van der Waals surface area contributed by atoms with Crippen LogP contribution in [-0.4, -0.2) is 29.4 Å². The number of nitrogens with two attached hydrogens (primary N) is 1.